The molecule has 0 bridgehead atoms. The van der Waals surface area contributed by atoms with Gasteiger partial charge < -0.3 is 9.67 Å². The van der Waals surface area contributed by atoms with Crippen LogP contribution >= 0.6 is 0 Å². The fourth-order valence-corrected chi connectivity index (χ4v) is 3.71. The van der Waals surface area contributed by atoms with Gasteiger partial charge in [0.2, 0.25) is 0 Å². The topological polar surface area (TPSA) is 50.9 Å². The summed E-state index contributed by atoms with van der Waals surface area (Å²) in [4.78, 5) is 9.67. The third kappa shape index (κ3) is 2.33. The molecule has 0 saturated heterocycles. The molecule has 0 spiro atoms. The van der Waals surface area contributed by atoms with E-state index in [0.29, 0.717) is 12.0 Å². The molecule has 3 aromatic rings. The quantitative estimate of drug-likeness (QED) is 0.761. The molecule has 3 heterocycles. The minimum Gasteiger partial charge on any atom is -0.386 e. The first-order valence-corrected chi connectivity index (χ1v) is 8.57. The van der Waals surface area contributed by atoms with E-state index in [9.17, 15) is 5.11 Å². The molecule has 1 aromatic carbocycles. The first-order chi connectivity index (χ1) is 11.3. The number of imidazole rings is 1. The molecule has 0 fully saturated rings. The van der Waals surface area contributed by atoms with Crippen LogP contribution in [0.4, 0.5) is 0 Å². The Morgan fingerprint density at radius 2 is 1.75 bits per heavy atom. The lowest BCUT2D eigenvalue weighted by atomic mass is 9.97. The minimum absolute atomic E-state index is 0.445. The molecule has 1 N–H and O–H groups in total. The summed E-state index contributed by atoms with van der Waals surface area (Å²) in [6.45, 7) is 8.06. The van der Waals surface area contributed by atoms with Crippen LogP contribution in [0.1, 0.15) is 57.5 Å². The van der Waals surface area contributed by atoms with Gasteiger partial charge in [-0.25, -0.2) is 9.97 Å². The van der Waals surface area contributed by atoms with Gasteiger partial charge >= 0.3 is 0 Å². The lowest BCUT2D eigenvalue weighted by Crippen LogP contribution is -2.14. The van der Waals surface area contributed by atoms with E-state index in [0.717, 1.165) is 40.2 Å². The van der Waals surface area contributed by atoms with Crippen LogP contribution in [0, 0.1) is 0 Å². The van der Waals surface area contributed by atoms with E-state index in [4.69, 9.17) is 9.97 Å². The second-order valence-electron chi connectivity index (χ2n) is 7.50. The molecule has 0 saturated carbocycles. The summed E-state index contributed by atoms with van der Waals surface area (Å²) in [6.07, 6.45) is 1.13. The second kappa shape index (κ2) is 5.15. The van der Waals surface area contributed by atoms with Crippen LogP contribution in [0.2, 0.25) is 0 Å². The third-order valence-electron chi connectivity index (χ3n) is 5.03. The van der Waals surface area contributed by atoms with Gasteiger partial charge in [-0.1, -0.05) is 31.2 Å². The molecule has 24 heavy (non-hydrogen) atoms. The highest BCUT2D eigenvalue weighted by Gasteiger charge is 2.29. The van der Waals surface area contributed by atoms with Crippen LogP contribution in [-0.2, 0) is 5.60 Å². The van der Waals surface area contributed by atoms with Crippen molar-refractivity contribution in [1.29, 1.82) is 0 Å². The molecule has 0 radical (unpaired) electrons. The zero-order valence-electron chi connectivity index (χ0n) is 14.6. The monoisotopic (exact) mass is 321 g/mol. The van der Waals surface area contributed by atoms with Crippen molar-refractivity contribution in [1.82, 2.24) is 14.5 Å². The highest BCUT2D eigenvalue weighted by Crippen LogP contribution is 2.38. The second-order valence-corrected chi connectivity index (χ2v) is 7.50. The van der Waals surface area contributed by atoms with Crippen molar-refractivity contribution in [2.45, 2.75) is 51.7 Å². The van der Waals surface area contributed by atoms with Gasteiger partial charge in [0, 0.05) is 17.5 Å². The summed E-state index contributed by atoms with van der Waals surface area (Å²) in [6, 6.07) is 12.5. The van der Waals surface area contributed by atoms with E-state index in [-0.39, 0.29) is 0 Å². The predicted octanol–water partition coefficient (Wildman–Crippen LogP) is 4.39. The van der Waals surface area contributed by atoms with Crippen LogP contribution in [0.5, 0.6) is 0 Å². The van der Waals surface area contributed by atoms with E-state index in [1.807, 2.05) is 30.3 Å². The molecule has 4 heteroatoms. The SMILES string of the molecule is CC1CC(C)n2c1nc1ccc(-c3ccc(C(C)(C)O)cc3)nc12. The Labute approximate surface area is 142 Å². The minimum atomic E-state index is -0.826. The van der Waals surface area contributed by atoms with Crippen molar-refractivity contribution < 1.29 is 5.11 Å². The zero-order chi connectivity index (χ0) is 17.1. The van der Waals surface area contributed by atoms with E-state index in [1.54, 1.807) is 13.8 Å². The highest BCUT2D eigenvalue weighted by molar-refractivity contribution is 5.76. The van der Waals surface area contributed by atoms with Gasteiger partial charge in [0.15, 0.2) is 5.65 Å². The normalized spacial score (nSPS) is 20.5. The fourth-order valence-electron chi connectivity index (χ4n) is 3.71. The maximum absolute atomic E-state index is 10.1. The fraction of sp³-hybridized carbons (Fsp3) is 0.400. The van der Waals surface area contributed by atoms with Crippen molar-refractivity contribution in [3.63, 3.8) is 0 Å². The van der Waals surface area contributed by atoms with E-state index in [1.165, 1.54) is 0 Å². The largest absolute Gasteiger partial charge is 0.386 e. The summed E-state index contributed by atoms with van der Waals surface area (Å²) < 4.78 is 2.29. The van der Waals surface area contributed by atoms with Crippen LogP contribution < -0.4 is 0 Å². The number of aliphatic hydroxyl groups is 1. The van der Waals surface area contributed by atoms with Gasteiger partial charge in [-0.3, -0.25) is 0 Å². The Hall–Kier alpha value is -2.20. The standard InChI is InChI=1S/C20H23N3O/c1-12-11-13(2)23-18(12)22-17-10-9-16(21-19(17)23)14-5-7-15(8-6-14)20(3,4)24/h5-10,12-13,24H,11H2,1-4H3. The average molecular weight is 321 g/mol. The number of pyridine rings is 1. The van der Waals surface area contributed by atoms with Crippen LogP contribution in [0.25, 0.3) is 22.4 Å². The summed E-state index contributed by atoms with van der Waals surface area (Å²) in [5.74, 6) is 1.64. The number of nitrogens with zero attached hydrogens (tertiary/aromatic N) is 3. The molecule has 124 valence electrons. The lowest BCUT2D eigenvalue weighted by Gasteiger charge is -2.17. The Kier molecular flexibility index (Phi) is 3.29. The third-order valence-corrected chi connectivity index (χ3v) is 5.03. The molecule has 1 aliphatic rings. The Morgan fingerprint density at radius 3 is 2.42 bits per heavy atom. The molecule has 2 aromatic heterocycles. The molecule has 4 rings (SSSR count). The number of rotatable bonds is 2. The van der Waals surface area contributed by atoms with Crippen LogP contribution in [-0.4, -0.2) is 19.6 Å². The van der Waals surface area contributed by atoms with Crippen molar-refractivity contribution >= 4 is 11.2 Å². The van der Waals surface area contributed by atoms with Gasteiger partial charge in [-0.15, -0.1) is 0 Å². The number of hydrogen-bond donors (Lipinski definition) is 1. The average Bonchev–Trinajstić information content (AvgIpc) is 3.04. The van der Waals surface area contributed by atoms with Crippen LogP contribution in [0.15, 0.2) is 36.4 Å². The number of fused-ring (bicyclic) bond motifs is 3. The molecule has 2 atom stereocenters. The molecule has 0 amide bonds. The van der Waals surface area contributed by atoms with Crippen molar-refractivity contribution in [2.75, 3.05) is 0 Å². The number of benzene rings is 1. The number of aromatic nitrogens is 3. The Balaban J connectivity index is 1.80. The lowest BCUT2D eigenvalue weighted by molar-refractivity contribution is 0.0786. The molecular weight excluding hydrogens is 298 g/mol. The Bertz CT molecular complexity index is 903. The first kappa shape index (κ1) is 15.3. The zero-order valence-corrected chi connectivity index (χ0v) is 14.6. The highest BCUT2D eigenvalue weighted by atomic mass is 16.3. The first-order valence-electron chi connectivity index (χ1n) is 8.57. The van der Waals surface area contributed by atoms with Gasteiger partial charge in [0.25, 0.3) is 0 Å². The molecule has 2 unspecified atom stereocenters. The molecule has 0 aliphatic carbocycles. The van der Waals surface area contributed by atoms with Gasteiger partial charge in [0.1, 0.15) is 11.3 Å². The summed E-state index contributed by atoms with van der Waals surface area (Å²) in [5.41, 5.74) is 4.03. The van der Waals surface area contributed by atoms with E-state index < -0.39 is 5.60 Å². The summed E-state index contributed by atoms with van der Waals surface area (Å²) >= 11 is 0. The van der Waals surface area contributed by atoms with Crippen molar-refractivity contribution in [2.24, 2.45) is 0 Å². The summed E-state index contributed by atoms with van der Waals surface area (Å²) in [5, 5.41) is 10.1. The van der Waals surface area contributed by atoms with Crippen LogP contribution in [0.3, 0.4) is 0 Å². The smallest absolute Gasteiger partial charge is 0.160 e. The molecular formula is C20H23N3O. The van der Waals surface area contributed by atoms with E-state index in [2.05, 4.69) is 24.5 Å². The maximum Gasteiger partial charge on any atom is 0.160 e. The van der Waals surface area contributed by atoms with E-state index >= 15 is 0 Å². The molecule has 1 aliphatic heterocycles. The van der Waals surface area contributed by atoms with Crippen molar-refractivity contribution in [3.8, 4) is 11.3 Å². The van der Waals surface area contributed by atoms with Crippen molar-refractivity contribution in [3.05, 3.63) is 47.8 Å². The van der Waals surface area contributed by atoms with Gasteiger partial charge in [-0.05, 0) is 44.9 Å². The maximum atomic E-state index is 10.1. The summed E-state index contributed by atoms with van der Waals surface area (Å²) in [7, 11) is 0. The molecule has 4 nitrogen and oxygen atoms in total. The van der Waals surface area contributed by atoms with Gasteiger partial charge in [0.05, 0.1) is 11.3 Å². The predicted molar refractivity (Wildman–Crippen MR) is 96.0 cm³/mol. The Morgan fingerprint density at radius 1 is 1.04 bits per heavy atom. The number of hydrogen-bond acceptors (Lipinski definition) is 3. The van der Waals surface area contributed by atoms with Gasteiger partial charge in [-0.2, -0.15) is 0 Å².